The van der Waals surface area contributed by atoms with Crippen molar-refractivity contribution < 1.29 is 13.9 Å². The Labute approximate surface area is 143 Å². The molecule has 0 aliphatic carbocycles. The molecule has 122 valence electrons. The number of hydrogen-bond acceptors (Lipinski definition) is 3. The van der Waals surface area contributed by atoms with Crippen LogP contribution in [-0.4, -0.2) is 36.0 Å². The number of rotatable bonds is 6. The first-order valence-electron chi connectivity index (χ1n) is 6.92. The molecule has 0 atom stereocenters. The average molecular weight is 357 g/mol. The molecule has 0 N–H and O–H groups in total. The number of carbonyl (C=O) groups excluding carboxylic acids is 1. The van der Waals surface area contributed by atoms with Gasteiger partial charge in [-0.25, -0.2) is 9.37 Å². The molecule has 7 heteroatoms. The van der Waals surface area contributed by atoms with Gasteiger partial charge >= 0.3 is 0 Å². The monoisotopic (exact) mass is 356 g/mol. The second-order valence-electron chi connectivity index (χ2n) is 4.88. The van der Waals surface area contributed by atoms with E-state index in [4.69, 9.17) is 27.9 Å². The molecule has 1 aromatic heterocycles. The van der Waals surface area contributed by atoms with Crippen LogP contribution in [-0.2, 0) is 0 Å². The Kier molecular flexibility index (Phi) is 6.19. The van der Waals surface area contributed by atoms with Crippen molar-refractivity contribution in [1.82, 2.24) is 9.88 Å². The van der Waals surface area contributed by atoms with Crippen LogP contribution in [0, 0.1) is 5.82 Å². The molecule has 0 aliphatic heterocycles. The zero-order valence-corrected chi connectivity index (χ0v) is 13.9. The van der Waals surface area contributed by atoms with Crippen molar-refractivity contribution >= 4 is 29.1 Å². The summed E-state index contributed by atoms with van der Waals surface area (Å²) < 4.78 is 18.2. The largest absolute Gasteiger partial charge is 0.494 e. The molecule has 0 radical (unpaired) electrons. The van der Waals surface area contributed by atoms with Crippen LogP contribution in [0.2, 0.25) is 10.3 Å². The van der Waals surface area contributed by atoms with Gasteiger partial charge in [0.25, 0.3) is 5.91 Å². The maximum atomic E-state index is 12.8. The molecule has 0 unspecified atom stereocenters. The van der Waals surface area contributed by atoms with Crippen LogP contribution in [0.15, 0.2) is 36.4 Å². The molecular formula is C16H15Cl2FN2O2. The van der Waals surface area contributed by atoms with E-state index in [0.717, 1.165) is 0 Å². The van der Waals surface area contributed by atoms with Crippen LogP contribution in [0.4, 0.5) is 4.39 Å². The van der Waals surface area contributed by atoms with Crippen molar-refractivity contribution in [3.8, 4) is 5.75 Å². The molecule has 4 nitrogen and oxygen atoms in total. The molecular weight excluding hydrogens is 342 g/mol. The lowest BCUT2D eigenvalue weighted by atomic mass is 10.2. The number of nitrogens with zero attached hydrogens (tertiary/aromatic N) is 2. The van der Waals surface area contributed by atoms with E-state index in [1.54, 1.807) is 24.1 Å². The van der Waals surface area contributed by atoms with Crippen molar-refractivity contribution in [2.24, 2.45) is 0 Å². The van der Waals surface area contributed by atoms with Crippen LogP contribution in [0.25, 0.3) is 0 Å². The predicted molar refractivity (Wildman–Crippen MR) is 87.7 cm³/mol. The van der Waals surface area contributed by atoms with Gasteiger partial charge < -0.3 is 9.64 Å². The minimum Gasteiger partial charge on any atom is -0.494 e. The summed E-state index contributed by atoms with van der Waals surface area (Å²) in [5.41, 5.74) is 0.386. The van der Waals surface area contributed by atoms with E-state index < -0.39 is 0 Å². The summed E-state index contributed by atoms with van der Waals surface area (Å²) in [6.07, 6.45) is 0.631. The summed E-state index contributed by atoms with van der Waals surface area (Å²) in [4.78, 5) is 17.6. The average Bonchev–Trinajstić information content (AvgIpc) is 2.51. The first-order valence-corrected chi connectivity index (χ1v) is 7.68. The third-order valence-electron chi connectivity index (χ3n) is 3.08. The second kappa shape index (κ2) is 8.13. The molecule has 2 aromatic rings. The molecule has 0 spiro atoms. The Hall–Kier alpha value is -1.85. The van der Waals surface area contributed by atoms with Gasteiger partial charge in [0.15, 0.2) is 0 Å². The van der Waals surface area contributed by atoms with Crippen molar-refractivity contribution in [3.63, 3.8) is 0 Å². The molecule has 1 heterocycles. The molecule has 2 rings (SSSR count). The Bertz CT molecular complexity index is 660. The Morgan fingerprint density at radius 3 is 2.43 bits per heavy atom. The summed E-state index contributed by atoms with van der Waals surface area (Å²) in [5, 5.41) is 0.350. The lowest BCUT2D eigenvalue weighted by Gasteiger charge is -2.17. The highest BCUT2D eigenvalue weighted by Crippen LogP contribution is 2.16. The number of aromatic nitrogens is 1. The smallest absolute Gasteiger partial charge is 0.253 e. The summed E-state index contributed by atoms with van der Waals surface area (Å²) in [7, 11) is 1.68. The molecule has 1 aromatic carbocycles. The molecule has 1 amide bonds. The second-order valence-corrected chi connectivity index (χ2v) is 5.66. The zero-order valence-electron chi connectivity index (χ0n) is 12.4. The van der Waals surface area contributed by atoms with E-state index in [9.17, 15) is 9.18 Å². The van der Waals surface area contributed by atoms with Gasteiger partial charge in [0.05, 0.1) is 6.61 Å². The van der Waals surface area contributed by atoms with Gasteiger partial charge in [-0.3, -0.25) is 4.79 Å². The van der Waals surface area contributed by atoms with Gasteiger partial charge in [0.2, 0.25) is 0 Å². The quantitative estimate of drug-likeness (QED) is 0.578. The summed E-state index contributed by atoms with van der Waals surface area (Å²) >= 11 is 11.6. The van der Waals surface area contributed by atoms with Crippen LogP contribution in [0.1, 0.15) is 16.8 Å². The highest BCUT2D eigenvalue weighted by atomic mass is 35.5. The van der Waals surface area contributed by atoms with E-state index in [2.05, 4.69) is 4.98 Å². The minimum absolute atomic E-state index is 0.175. The van der Waals surface area contributed by atoms with E-state index >= 15 is 0 Å². The number of hydrogen-bond donors (Lipinski definition) is 0. The number of carbonyl (C=O) groups is 1. The molecule has 0 bridgehead atoms. The fourth-order valence-corrected chi connectivity index (χ4v) is 2.39. The molecule has 23 heavy (non-hydrogen) atoms. The highest BCUT2D eigenvalue weighted by molar-refractivity contribution is 6.33. The van der Waals surface area contributed by atoms with Crippen LogP contribution in [0.5, 0.6) is 5.75 Å². The van der Waals surface area contributed by atoms with Crippen molar-refractivity contribution in [2.45, 2.75) is 6.42 Å². The highest BCUT2D eigenvalue weighted by Gasteiger charge is 2.13. The lowest BCUT2D eigenvalue weighted by molar-refractivity contribution is 0.0787. The molecule has 0 aliphatic rings. The van der Waals surface area contributed by atoms with E-state index in [1.807, 2.05) is 0 Å². The van der Waals surface area contributed by atoms with Gasteiger partial charge in [0, 0.05) is 19.2 Å². The Balaban J connectivity index is 1.81. The number of ether oxygens (including phenoxy) is 1. The SMILES string of the molecule is CN(CCCOc1ccc(F)cc1)C(=O)c1cc(Cl)nc(Cl)c1. The van der Waals surface area contributed by atoms with Gasteiger partial charge in [0.1, 0.15) is 21.9 Å². The van der Waals surface area contributed by atoms with Crippen LogP contribution in [0.3, 0.4) is 0 Å². The van der Waals surface area contributed by atoms with E-state index in [-0.39, 0.29) is 22.0 Å². The normalized spacial score (nSPS) is 10.4. The maximum absolute atomic E-state index is 12.8. The molecule has 0 saturated heterocycles. The topological polar surface area (TPSA) is 42.4 Å². The number of halogens is 3. The lowest BCUT2D eigenvalue weighted by Crippen LogP contribution is -2.28. The fraction of sp³-hybridized carbons (Fsp3) is 0.250. The number of pyridine rings is 1. The summed E-state index contributed by atoms with van der Waals surface area (Å²) in [6.45, 7) is 0.915. The Morgan fingerprint density at radius 2 is 1.83 bits per heavy atom. The van der Waals surface area contributed by atoms with Crippen LogP contribution >= 0.6 is 23.2 Å². The first kappa shape index (κ1) is 17.5. The maximum Gasteiger partial charge on any atom is 0.253 e. The van der Waals surface area contributed by atoms with Gasteiger partial charge in [-0.15, -0.1) is 0 Å². The third kappa shape index (κ3) is 5.37. The van der Waals surface area contributed by atoms with Gasteiger partial charge in [-0.1, -0.05) is 23.2 Å². The van der Waals surface area contributed by atoms with Gasteiger partial charge in [-0.2, -0.15) is 0 Å². The fourth-order valence-electron chi connectivity index (χ4n) is 1.93. The molecule has 0 fully saturated rings. The molecule has 0 saturated carbocycles. The van der Waals surface area contributed by atoms with E-state index in [1.165, 1.54) is 24.3 Å². The van der Waals surface area contributed by atoms with Crippen molar-refractivity contribution in [1.29, 1.82) is 0 Å². The van der Waals surface area contributed by atoms with Gasteiger partial charge in [-0.05, 0) is 42.8 Å². The van der Waals surface area contributed by atoms with Crippen molar-refractivity contribution in [2.75, 3.05) is 20.2 Å². The predicted octanol–water partition coefficient (Wildman–Crippen LogP) is 4.07. The number of amides is 1. The first-order chi connectivity index (χ1) is 11.0. The summed E-state index contributed by atoms with van der Waals surface area (Å²) in [5.74, 6) is 0.0865. The summed E-state index contributed by atoms with van der Waals surface area (Å²) in [6, 6.07) is 8.74. The third-order valence-corrected chi connectivity index (χ3v) is 3.46. The Morgan fingerprint density at radius 1 is 1.22 bits per heavy atom. The standard InChI is InChI=1S/C16H15Cl2FN2O2/c1-21(16(22)11-9-14(17)20-15(18)10-11)7-2-8-23-13-5-3-12(19)4-6-13/h3-6,9-10H,2,7-8H2,1H3. The minimum atomic E-state index is -0.308. The van der Waals surface area contributed by atoms with E-state index in [0.29, 0.717) is 30.9 Å². The van der Waals surface area contributed by atoms with Crippen molar-refractivity contribution in [3.05, 3.63) is 58.1 Å². The zero-order chi connectivity index (χ0) is 16.8. The number of benzene rings is 1. The van der Waals surface area contributed by atoms with Crippen LogP contribution < -0.4 is 4.74 Å².